The maximum atomic E-state index is 12.5. The summed E-state index contributed by atoms with van der Waals surface area (Å²) in [7, 11) is 0. The smallest absolute Gasteiger partial charge is 0.417 e. The Labute approximate surface area is 165 Å². The van der Waals surface area contributed by atoms with Gasteiger partial charge in [-0.1, -0.05) is 56.3 Å². The van der Waals surface area contributed by atoms with Crippen LogP contribution in [0.15, 0.2) is 60.7 Å². The van der Waals surface area contributed by atoms with Crippen LogP contribution in [0.25, 0.3) is 10.8 Å². The fraction of sp³-hybridized carbons (Fsp3) is 0.261. The Morgan fingerprint density at radius 2 is 1.43 bits per heavy atom. The van der Waals surface area contributed by atoms with E-state index in [-0.39, 0.29) is 0 Å². The normalized spacial score (nSPS) is 10.5. The largest absolute Gasteiger partial charge is 0.493 e. The first-order valence-electron chi connectivity index (χ1n) is 9.58. The van der Waals surface area contributed by atoms with Crippen LogP contribution in [0.1, 0.15) is 26.7 Å². The van der Waals surface area contributed by atoms with Crippen molar-refractivity contribution in [3.63, 3.8) is 0 Å². The second-order valence-corrected chi connectivity index (χ2v) is 6.33. The molecule has 28 heavy (non-hydrogen) atoms. The number of ether oxygens (including phenoxy) is 3. The van der Waals surface area contributed by atoms with E-state index < -0.39 is 6.09 Å². The maximum Gasteiger partial charge on any atom is 0.417 e. The molecule has 0 heterocycles. The number of amides is 1. The number of nitrogens with one attached hydrogen (secondary N) is 1. The number of anilines is 1. The summed E-state index contributed by atoms with van der Waals surface area (Å²) < 4.78 is 17.5. The molecular weight excluding hydrogens is 354 g/mol. The number of fused-ring (bicyclic) bond motifs is 1. The minimum Gasteiger partial charge on any atom is -0.493 e. The summed E-state index contributed by atoms with van der Waals surface area (Å²) in [5, 5.41) is 4.39. The zero-order chi connectivity index (χ0) is 19.8. The summed E-state index contributed by atoms with van der Waals surface area (Å²) in [4.78, 5) is 12.5. The molecule has 1 N–H and O–H groups in total. The second kappa shape index (κ2) is 9.65. The van der Waals surface area contributed by atoms with Crippen molar-refractivity contribution in [1.82, 2.24) is 0 Å². The van der Waals surface area contributed by atoms with Gasteiger partial charge in [0.2, 0.25) is 0 Å². The van der Waals surface area contributed by atoms with Crippen LogP contribution in [0.2, 0.25) is 0 Å². The van der Waals surface area contributed by atoms with Gasteiger partial charge in [-0.15, -0.1) is 0 Å². The van der Waals surface area contributed by atoms with Gasteiger partial charge >= 0.3 is 6.09 Å². The van der Waals surface area contributed by atoms with Gasteiger partial charge in [-0.05, 0) is 25.0 Å². The molecule has 0 radical (unpaired) electrons. The van der Waals surface area contributed by atoms with Crippen LogP contribution in [0.4, 0.5) is 10.5 Å². The van der Waals surface area contributed by atoms with E-state index in [1.165, 1.54) is 0 Å². The Bertz CT molecular complexity index is 925. The molecule has 3 aromatic rings. The molecule has 3 rings (SSSR count). The lowest BCUT2D eigenvalue weighted by Gasteiger charge is -2.17. The van der Waals surface area contributed by atoms with E-state index in [1.54, 1.807) is 18.2 Å². The molecule has 0 spiro atoms. The Morgan fingerprint density at radius 1 is 0.821 bits per heavy atom. The predicted octanol–water partition coefficient (Wildman–Crippen LogP) is 6.03. The molecule has 0 atom stereocenters. The van der Waals surface area contributed by atoms with Gasteiger partial charge in [0.15, 0.2) is 11.5 Å². The second-order valence-electron chi connectivity index (χ2n) is 6.33. The topological polar surface area (TPSA) is 56.8 Å². The Morgan fingerprint density at radius 3 is 2.11 bits per heavy atom. The highest BCUT2D eigenvalue weighted by Gasteiger charge is 2.18. The summed E-state index contributed by atoms with van der Waals surface area (Å²) in [5.41, 5.74) is 0.663. The van der Waals surface area contributed by atoms with Gasteiger partial charge in [-0.25, -0.2) is 4.79 Å². The lowest BCUT2D eigenvalue weighted by molar-refractivity contribution is 0.211. The Kier molecular flexibility index (Phi) is 6.73. The average molecular weight is 379 g/mol. The number of hydrogen-bond acceptors (Lipinski definition) is 4. The minimum absolute atomic E-state index is 0.390. The third-order valence-corrected chi connectivity index (χ3v) is 4.06. The summed E-state index contributed by atoms with van der Waals surface area (Å²) in [6.45, 7) is 5.20. The van der Waals surface area contributed by atoms with Crippen LogP contribution in [-0.4, -0.2) is 19.3 Å². The minimum atomic E-state index is -0.570. The quantitative estimate of drug-likeness (QED) is 0.519. The number of carbonyl (C=O) groups excluding carboxylic acids is 1. The highest BCUT2D eigenvalue weighted by atomic mass is 16.6. The molecule has 1 amide bonds. The number of rotatable bonds is 8. The highest BCUT2D eigenvalue weighted by Crippen LogP contribution is 2.42. The molecule has 0 aliphatic carbocycles. The standard InChI is InChI=1S/C23H25NO4/c1-3-14-26-20-16-21(27-15-4-2)22(19-13-9-8-12-18(19)20)28-23(25)24-17-10-6-5-7-11-17/h5-13,16H,3-4,14-15H2,1-2H3,(H,24,25). The monoisotopic (exact) mass is 379 g/mol. The average Bonchev–Trinajstić information content (AvgIpc) is 2.72. The molecule has 0 aromatic heterocycles. The molecule has 0 unspecified atom stereocenters. The van der Waals surface area contributed by atoms with E-state index in [4.69, 9.17) is 14.2 Å². The lowest BCUT2D eigenvalue weighted by atomic mass is 10.1. The first-order chi connectivity index (χ1) is 13.7. The number of carbonyl (C=O) groups is 1. The summed E-state index contributed by atoms with van der Waals surface area (Å²) >= 11 is 0. The van der Waals surface area contributed by atoms with Crippen LogP contribution in [-0.2, 0) is 0 Å². The van der Waals surface area contributed by atoms with Crippen molar-refractivity contribution in [3.05, 3.63) is 60.7 Å². The van der Waals surface area contributed by atoms with Gasteiger partial charge in [-0.2, -0.15) is 0 Å². The van der Waals surface area contributed by atoms with E-state index in [1.807, 2.05) is 49.4 Å². The maximum absolute atomic E-state index is 12.5. The van der Waals surface area contributed by atoms with Gasteiger partial charge < -0.3 is 14.2 Å². The number of benzene rings is 3. The third-order valence-electron chi connectivity index (χ3n) is 4.06. The fourth-order valence-electron chi connectivity index (χ4n) is 2.80. The third kappa shape index (κ3) is 4.74. The van der Waals surface area contributed by atoms with Gasteiger partial charge in [0.05, 0.1) is 13.2 Å². The summed E-state index contributed by atoms with van der Waals surface area (Å²) in [6, 6.07) is 18.7. The number of para-hydroxylation sites is 1. The first kappa shape index (κ1) is 19.5. The van der Waals surface area contributed by atoms with Gasteiger partial charge in [0.1, 0.15) is 5.75 Å². The predicted molar refractivity (Wildman–Crippen MR) is 112 cm³/mol. The van der Waals surface area contributed by atoms with Gasteiger partial charge in [-0.3, -0.25) is 5.32 Å². The van der Waals surface area contributed by atoms with Crippen LogP contribution in [0.5, 0.6) is 17.2 Å². The molecule has 0 fully saturated rings. The zero-order valence-electron chi connectivity index (χ0n) is 16.2. The SMILES string of the molecule is CCCOc1cc(OCCC)c2ccccc2c1OC(=O)Nc1ccccc1. The van der Waals surface area contributed by atoms with Crippen molar-refractivity contribution < 1.29 is 19.0 Å². The Hall–Kier alpha value is -3.21. The van der Waals surface area contributed by atoms with Crippen molar-refractivity contribution in [2.75, 3.05) is 18.5 Å². The molecule has 0 saturated heterocycles. The highest BCUT2D eigenvalue weighted by molar-refractivity contribution is 5.98. The zero-order valence-corrected chi connectivity index (χ0v) is 16.2. The first-order valence-corrected chi connectivity index (χ1v) is 9.58. The molecule has 0 aliphatic rings. The lowest BCUT2D eigenvalue weighted by Crippen LogP contribution is -2.17. The molecule has 0 saturated carbocycles. The van der Waals surface area contributed by atoms with E-state index in [0.29, 0.717) is 30.4 Å². The van der Waals surface area contributed by atoms with Gasteiger partial charge in [0.25, 0.3) is 0 Å². The molecule has 5 nitrogen and oxygen atoms in total. The molecular formula is C23H25NO4. The van der Waals surface area contributed by atoms with Crippen molar-refractivity contribution in [1.29, 1.82) is 0 Å². The van der Waals surface area contributed by atoms with Crippen molar-refractivity contribution in [3.8, 4) is 17.2 Å². The van der Waals surface area contributed by atoms with Crippen LogP contribution in [0, 0.1) is 0 Å². The molecule has 146 valence electrons. The molecule has 0 aliphatic heterocycles. The van der Waals surface area contributed by atoms with Crippen LogP contribution >= 0.6 is 0 Å². The Balaban J connectivity index is 1.97. The van der Waals surface area contributed by atoms with E-state index >= 15 is 0 Å². The summed E-state index contributed by atoms with van der Waals surface area (Å²) in [5.74, 6) is 1.61. The van der Waals surface area contributed by atoms with E-state index in [2.05, 4.69) is 12.2 Å². The summed E-state index contributed by atoms with van der Waals surface area (Å²) in [6.07, 6.45) is 1.17. The molecule has 3 aromatic carbocycles. The fourth-order valence-corrected chi connectivity index (χ4v) is 2.80. The van der Waals surface area contributed by atoms with Crippen LogP contribution < -0.4 is 19.5 Å². The van der Waals surface area contributed by atoms with E-state index in [9.17, 15) is 4.79 Å². The van der Waals surface area contributed by atoms with Crippen molar-refractivity contribution in [2.24, 2.45) is 0 Å². The van der Waals surface area contributed by atoms with Gasteiger partial charge in [0, 0.05) is 22.5 Å². The van der Waals surface area contributed by atoms with E-state index in [0.717, 1.165) is 29.4 Å². The van der Waals surface area contributed by atoms with Crippen molar-refractivity contribution >= 4 is 22.6 Å². The number of hydrogen-bond donors (Lipinski definition) is 1. The van der Waals surface area contributed by atoms with Crippen molar-refractivity contribution in [2.45, 2.75) is 26.7 Å². The molecule has 0 bridgehead atoms. The van der Waals surface area contributed by atoms with Crippen LogP contribution in [0.3, 0.4) is 0 Å². The molecule has 5 heteroatoms.